The van der Waals surface area contributed by atoms with Gasteiger partial charge in [0.2, 0.25) is 0 Å². The molecule has 1 atom stereocenters. The molecule has 2 N–H and O–H groups in total. The number of rotatable bonds is 6. The third-order valence-corrected chi connectivity index (χ3v) is 4.69. The van der Waals surface area contributed by atoms with Crippen LogP contribution in [0.4, 0.5) is 10.1 Å². The van der Waals surface area contributed by atoms with Gasteiger partial charge in [-0.05, 0) is 35.9 Å². The molecule has 0 radical (unpaired) electrons. The lowest BCUT2D eigenvalue weighted by molar-refractivity contribution is 0.0971. The standard InChI is InChI=1S/C23H19FN2O2/c1-28-18-9-5-8-17(13-18)26-22(15-6-3-2-4-7-15)23(27)20-14-25-21-12-16(24)10-11-19(20)21/h2-14,22,25-26H,1H3. The number of aromatic nitrogens is 1. The highest BCUT2D eigenvalue weighted by Gasteiger charge is 2.24. The lowest BCUT2D eigenvalue weighted by Crippen LogP contribution is -2.21. The quantitative estimate of drug-likeness (QED) is 0.447. The van der Waals surface area contributed by atoms with Crippen LogP contribution < -0.4 is 10.1 Å². The minimum Gasteiger partial charge on any atom is -0.497 e. The lowest BCUT2D eigenvalue weighted by Gasteiger charge is -2.19. The van der Waals surface area contributed by atoms with Gasteiger partial charge in [0.05, 0.1) is 7.11 Å². The second-order valence-corrected chi connectivity index (χ2v) is 6.48. The normalized spacial score (nSPS) is 11.9. The smallest absolute Gasteiger partial charge is 0.191 e. The van der Waals surface area contributed by atoms with Crippen molar-refractivity contribution in [2.75, 3.05) is 12.4 Å². The Bertz CT molecular complexity index is 1120. The number of hydrogen-bond donors (Lipinski definition) is 2. The Morgan fingerprint density at radius 2 is 1.86 bits per heavy atom. The SMILES string of the molecule is COc1cccc(NC(C(=O)c2c[nH]c3cc(F)ccc23)c2ccccc2)c1. The first-order valence-corrected chi connectivity index (χ1v) is 8.92. The largest absolute Gasteiger partial charge is 0.497 e. The zero-order chi connectivity index (χ0) is 19.5. The molecule has 0 saturated carbocycles. The molecule has 0 aliphatic rings. The van der Waals surface area contributed by atoms with Gasteiger partial charge in [-0.1, -0.05) is 36.4 Å². The first kappa shape index (κ1) is 17.8. The van der Waals surface area contributed by atoms with Gasteiger partial charge in [-0.25, -0.2) is 4.39 Å². The van der Waals surface area contributed by atoms with Crippen molar-refractivity contribution in [3.05, 3.63) is 95.9 Å². The van der Waals surface area contributed by atoms with Crippen molar-refractivity contribution in [2.24, 2.45) is 0 Å². The molecule has 28 heavy (non-hydrogen) atoms. The fraction of sp³-hybridized carbons (Fsp3) is 0.0870. The fourth-order valence-electron chi connectivity index (χ4n) is 3.28. The Kier molecular flexibility index (Phi) is 4.81. The molecular formula is C23H19FN2O2. The van der Waals surface area contributed by atoms with Gasteiger partial charge in [-0.15, -0.1) is 0 Å². The maximum atomic E-state index is 13.5. The van der Waals surface area contributed by atoms with E-state index < -0.39 is 6.04 Å². The number of hydrogen-bond acceptors (Lipinski definition) is 3. The lowest BCUT2D eigenvalue weighted by atomic mass is 9.96. The number of ketones is 1. The van der Waals surface area contributed by atoms with E-state index in [1.54, 1.807) is 19.4 Å². The average molecular weight is 374 g/mol. The number of ether oxygens (including phenoxy) is 1. The topological polar surface area (TPSA) is 54.1 Å². The summed E-state index contributed by atoms with van der Waals surface area (Å²) in [7, 11) is 1.60. The van der Waals surface area contributed by atoms with E-state index in [-0.39, 0.29) is 11.6 Å². The van der Waals surface area contributed by atoms with E-state index in [0.717, 1.165) is 11.3 Å². The monoisotopic (exact) mass is 374 g/mol. The average Bonchev–Trinajstić information content (AvgIpc) is 3.15. The molecule has 0 spiro atoms. The predicted molar refractivity (Wildman–Crippen MR) is 108 cm³/mol. The van der Waals surface area contributed by atoms with Crippen LogP contribution in [0.5, 0.6) is 5.75 Å². The summed E-state index contributed by atoms with van der Waals surface area (Å²) in [5, 5.41) is 4.01. The molecule has 1 heterocycles. The maximum Gasteiger partial charge on any atom is 0.191 e. The van der Waals surface area contributed by atoms with Crippen LogP contribution in [-0.2, 0) is 0 Å². The van der Waals surface area contributed by atoms with Crippen LogP contribution in [0.1, 0.15) is 22.0 Å². The van der Waals surface area contributed by atoms with Crippen molar-refractivity contribution in [3.8, 4) is 5.75 Å². The third kappa shape index (κ3) is 3.47. The summed E-state index contributed by atoms with van der Waals surface area (Å²) in [6, 6.07) is 20.7. The minimum atomic E-state index is -0.600. The molecule has 4 nitrogen and oxygen atoms in total. The molecule has 0 amide bonds. The van der Waals surface area contributed by atoms with Gasteiger partial charge >= 0.3 is 0 Å². The number of carbonyl (C=O) groups excluding carboxylic acids is 1. The molecule has 0 aliphatic carbocycles. The summed E-state index contributed by atoms with van der Waals surface area (Å²) in [6.45, 7) is 0. The molecule has 4 rings (SSSR count). The van der Waals surface area contributed by atoms with E-state index in [9.17, 15) is 9.18 Å². The van der Waals surface area contributed by atoms with Gasteiger partial charge in [-0.2, -0.15) is 0 Å². The summed E-state index contributed by atoms with van der Waals surface area (Å²) in [5.74, 6) is 0.251. The molecule has 1 aromatic heterocycles. The van der Waals surface area contributed by atoms with E-state index in [1.807, 2.05) is 54.6 Å². The van der Waals surface area contributed by atoms with Gasteiger partial charge < -0.3 is 15.0 Å². The number of carbonyl (C=O) groups is 1. The van der Waals surface area contributed by atoms with Gasteiger partial charge in [-0.3, -0.25) is 4.79 Å². The Hall–Kier alpha value is -3.60. The molecule has 0 bridgehead atoms. The summed E-state index contributed by atoms with van der Waals surface area (Å²) in [5.41, 5.74) is 2.72. The van der Waals surface area contributed by atoms with Gasteiger partial charge in [0, 0.05) is 34.4 Å². The van der Waals surface area contributed by atoms with Crippen molar-refractivity contribution in [1.29, 1.82) is 0 Å². The van der Waals surface area contributed by atoms with Crippen LogP contribution in [0.3, 0.4) is 0 Å². The fourth-order valence-corrected chi connectivity index (χ4v) is 3.28. The number of methoxy groups -OCH3 is 1. The predicted octanol–water partition coefficient (Wildman–Crippen LogP) is 5.35. The number of anilines is 1. The molecule has 0 saturated heterocycles. The van der Waals surface area contributed by atoms with E-state index in [1.165, 1.54) is 12.1 Å². The Morgan fingerprint density at radius 3 is 2.64 bits per heavy atom. The van der Waals surface area contributed by atoms with Crippen LogP contribution in [0.25, 0.3) is 10.9 Å². The number of Topliss-reactive ketones (excluding diaryl/α,β-unsaturated/α-hetero) is 1. The van der Waals surface area contributed by atoms with Crippen LogP contribution in [0.15, 0.2) is 79.0 Å². The zero-order valence-corrected chi connectivity index (χ0v) is 15.3. The van der Waals surface area contributed by atoms with Gasteiger partial charge in [0.15, 0.2) is 5.78 Å². The van der Waals surface area contributed by atoms with Crippen molar-refractivity contribution in [3.63, 3.8) is 0 Å². The second-order valence-electron chi connectivity index (χ2n) is 6.48. The first-order chi connectivity index (χ1) is 13.7. The summed E-state index contributed by atoms with van der Waals surface area (Å²) in [6.07, 6.45) is 1.63. The van der Waals surface area contributed by atoms with Gasteiger partial charge in [0.25, 0.3) is 0 Å². The second kappa shape index (κ2) is 7.56. The minimum absolute atomic E-state index is 0.105. The molecule has 4 aromatic rings. The molecule has 3 aromatic carbocycles. The third-order valence-electron chi connectivity index (χ3n) is 4.69. The highest BCUT2D eigenvalue weighted by molar-refractivity contribution is 6.11. The number of H-pyrrole nitrogens is 1. The summed E-state index contributed by atoms with van der Waals surface area (Å²) >= 11 is 0. The van der Waals surface area contributed by atoms with E-state index >= 15 is 0 Å². The van der Waals surface area contributed by atoms with Crippen molar-refractivity contribution in [2.45, 2.75) is 6.04 Å². The number of fused-ring (bicyclic) bond motifs is 1. The van der Waals surface area contributed by atoms with E-state index in [4.69, 9.17) is 4.74 Å². The van der Waals surface area contributed by atoms with Crippen LogP contribution in [-0.4, -0.2) is 17.9 Å². The summed E-state index contributed by atoms with van der Waals surface area (Å²) in [4.78, 5) is 16.4. The molecular weight excluding hydrogens is 355 g/mol. The number of benzene rings is 3. The molecule has 5 heteroatoms. The molecule has 140 valence electrons. The summed E-state index contributed by atoms with van der Waals surface area (Å²) < 4.78 is 18.8. The molecule has 0 fully saturated rings. The number of aromatic amines is 1. The van der Waals surface area contributed by atoms with Crippen LogP contribution in [0.2, 0.25) is 0 Å². The van der Waals surface area contributed by atoms with Crippen LogP contribution >= 0.6 is 0 Å². The highest BCUT2D eigenvalue weighted by atomic mass is 19.1. The Labute approximate surface area is 162 Å². The molecule has 0 aliphatic heterocycles. The zero-order valence-electron chi connectivity index (χ0n) is 15.3. The number of halogens is 1. The molecule has 1 unspecified atom stereocenters. The Morgan fingerprint density at radius 1 is 1.04 bits per heavy atom. The van der Waals surface area contributed by atoms with Gasteiger partial charge in [0.1, 0.15) is 17.6 Å². The van der Waals surface area contributed by atoms with E-state index in [0.29, 0.717) is 22.2 Å². The number of nitrogens with one attached hydrogen (secondary N) is 2. The maximum absolute atomic E-state index is 13.5. The highest BCUT2D eigenvalue weighted by Crippen LogP contribution is 2.29. The first-order valence-electron chi connectivity index (χ1n) is 8.92. The van der Waals surface area contributed by atoms with Crippen molar-refractivity contribution in [1.82, 2.24) is 4.98 Å². The van der Waals surface area contributed by atoms with Crippen molar-refractivity contribution < 1.29 is 13.9 Å². The Balaban J connectivity index is 1.75. The van der Waals surface area contributed by atoms with E-state index in [2.05, 4.69) is 10.3 Å². The van der Waals surface area contributed by atoms with Crippen molar-refractivity contribution >= 4 is 22.4 Å². The van der Waals surface area contributed by atoms with Crippen LogP contribution in [0, 0.1) is 5.82 Å².